The third kappa shape index (κ3) is 5.58. The highest BCUT2D eigenvalue weighted by molar-refractivity contribution is 5.94. The highest BCUT2D eigenvalue weighted by Crippen LogP contribution is 2.35. The average molecular weight is 433 g/mol. The molecular formula is C23H26F3N3O2. The van der Waals surface area contributed by atoms with Crippen LogP contribution in [0.2, 0.25) is 0 Å². The maximum Gasteiger partial charge on any atom is 0.416 e. The Morgan fingerprint density at radius 1 is 1.13 bits per heavy atom. The number of aromatic nitrogens is 1. The molecule has 1 unspecified atom stereocenters. The molecule has 1 aromatic heterocycles. The van der Waals surface area contributed by atoms with E-state index in [0.29, 0.717) is 17.8 Å². The SMILES string of the molecule is COc1cc(NC(C)CCCN)c2nc(Oc3cccc(C(F)(F)F)c3)cc(C)c2c1. The summed E-state index contributed by atoms with van der Waals surface area (Å²) in [6.45, 7) is 4.55. The largest absolute Gasteiger partial charge is 0.497 e. The number of nitrogens with one attached hydrogen (secondary N) is 1. The molecule has 1 atom stereocenters. The zero-order valence-electron chi connectivity index (χ0n) is 17.7. The molecule has 0 saturated carbocycles. The first-order valence-electron chi connectivity index (χ1n) is 10.0. The Bertz CT molecular complexity index is 1050. The molecule has 5 nitrogen and oxygen atoms in total. The maximum atomic E-state index is 13.0. The van der Waals surface area contributed by atoms with Gasteiger partial charge in [-0.1, -0.05) is 6.07 Å². The fourth-order valence-electron chi connectivity index (χ4n) is 3.33. The summed E-state index contributed by atoms with van der Waals surface area (Å²) in [5.41, 5.74) is 7.12. The summed E-state index contributed by atoms with van der Waals surface area (Å²) in [6.07, 6.45) is -2.68. The summed E-state index contributed by atoms with van der Waals surface area (Å²) >= 11 is 0. The van der Waals surface area contributed by atoms with Crippen molar-refractivity contribution >= 4 is 16.6 Å². The van der Waals surface area contributed by atoms with Gasteiger partial charge in [0.05, 0.1) is 23.9 Å². The molecule has 166 valence electrons. The van der Waals surface area contributed by atoms with E-state index >= 15 is 0 Å². The van der Waals surface area contributed by atoms with E-state index in [1.54, 1.807) is 13.2 Å². The third-order valence-corrected chi connectivity index (χ3v) is 4.93. The van der Waals surface area contributed by atoms with Gasteiger partial charge in [-0.2, -0.15) is 13.2 Å². The van der Waals surface area contributed by atoms with Crippen LogP contribution in [0.1, 0.15) is 30.9 Å². The Labute approximate surface area is 179 Å². The summed E-state index contributed by atoms with van der Waals surface area (Å²) in [7, 11) is 1.59. The highest BCUT2D eigenvalue weighted by Gasteiger charge is 2.30. The number of anilines is 1. The molecule has 0 fully saturated rings. The number of ether oxygens (including phenoxy) is 2. The van der Waals surface area contributed by atoms with E-state index in [0.717, 1.165) is 41.6 Å². The Kier molecular flexibility index (Phi) is 6.90. The van der Waals surface area contributed by atoms with Gasteiger partial charge in [0.2, 0.25) is 5.88 Å². The fourth-order valence-corrected chi connectivity index (χ4v) is 3.33. The molecule has 0 amide bonds. The van der Waals surface area contributed by atoms with Gasteiger partial charge in [-0.05, 0) is 63.1 Å². The number of benzene rings is 2. The van der Waals surface area contributed by atoms with E-state index in [9.17, 15) is 13.2 Å². The van der Waals surface area contributed by atoms with Crippen LogP contribution in [-0.4, -0.2) is 24.7 Å². The molecule has 0 saturated heterocycles. The number of fused-ring (bicyclic) bond motifs is 1. The van der Waals surface area contributed by atoms with Gasteiger partial charge >= 0.3 is 6.18 Å². The first-order chi connectivity index (χ1) is 14.7. The van der Waals surface area contributed by atoms with E-state index < -0.39 is 11.7 Å². The number of alkyl halides is 3. The van der Waals surface area contributed by atoms with E-state index in [-0.39, 0.29) is 17.7 Å². The van der Waals surface area contributed by atoms with Crippen LogP contribution in [0, 0.1) is 6.92 Å². The number of hydrogen-bond acceptors (Lipinski definition) is 5. The van der Waals surface area contributed by atoms with Gasteiger partial charge in [-0.25, -0.2) is 4.98 Å². The zero-order chi connectivity index (χ0) is 22.6. The summed E-state index contributed by atoms with van der Waals surface area (Å²) in [5.74, 6) is 0.963. The first-order valence-corrected chi connectivity index (χ1v) is 10.0. The number of nitrogens with zero attached hydrogens (tertiary/aromatic N) is 1. The fraction of sp³-hybridized carbons (Fsp3) is 0.348. The smallest absolute Gasteiger partial charge is 0.416 e. The van der Waals surface area contributed by atoms with E-state index in [2.05, 4.69) is 17.2 Å². The zero-order valence-corrected chi connectivity index (χ0v) is 17.7. The van der Waals surface area contributed by atoms with Crippen LogP contribution in [0.4, 0.5) is 18.9 Å². The Hall–Kier alpha value is -3.00. The number of aryl methyl sites for hydroxylation is 1. The van der Waals surface area contributed by atoms with Gasteiger partial charge < -0.3 is 20.5 Å². The molecule has 2 aromatic carbocycles. The Morgan fingerprint density at radius 3 is 2.58 bits per heavy atom. The minimum absolute atomic E-state index is 0.0698. The van der Waals surface area contributed by atoms with Crippen LogP contribution in [0.3, 0.4) is 0 Å². The van der Waals surface area contributed by atoms with Crippen molar-refractivity contribution in [1.29, 1.82) is 0 Å². The summed E-state index contributed by atoms with van der Waals surface area (Å²) in [6, 6.07) is 10.3. The van der Waals surface area contributed by atoms with Crippen molar-refractivity contribution < 1.29 is 22.6 Å². The van der Waals surface area contributed by atoms with Crippen molar-refractivity contribution in [2.75, 3.05) is 19.0 Å². The molecule has 8 heteroatoms. The van der Waals surface area contributed by atoms with Crippen molar-refractivity contribution in [3.8, 4) is 17.4 Å². The predicted octanol–water partition coefficient (Wildman–Crippen LogP) is 5.90. The molecule has 0 aliphatic rings. The lowest BCUT2D eigenvalue weighted by Gasteiger charge is -2.18. The second kappa shape index (κ2) is 9.43. The number of methoxy groups -OCH3 is 1. The number of nitrogens with two attached hydrogens (primary N) is 1. The molecule has 3 aromatic rings. The van der Waals surface area contributed by atoms with Crippen LogP contribution in [0.15, 0.2) is 42.5 Å². The molecule has 3 rings (SSSR count). The number of halogens is 3. The molecule has 3 N–H and O–H groups in total. The van der Waals surface area contributed by atoms with E-state index in [1.165, 1.54) is 12.1 Å². The van der Waals surface area contributed by atoms with Crippen molar-refractivity contribution in [1.82, 2.24) is 4.98 Å². The highest BCUT2D eigenvalue weighted by atomic mass is 19.4. The Balaban J connectivity index is 2.00. The summed E-state index contributed by atoms with van der Waals surface area (Å²) < 4.78 is 50.2. The standard InChI is InChI=1S/C23H26F3N3O2/c1-14-10-21(31-17-8-4-7-16(11-17)23(24,25)26)29-22-19(14)12-18(30-3)13-20(22)28-15(2)6-5-9-27/h4,7-8,10-13,15,28H,5-6,9,27H2,1-3H3. The summed E-state index contributed by atoms with van der Waals surface area (Å²) in [4.78, 5) is 4.59. The maximum absolute atomic E-state index is 13.0. The lowest BCUT2D eigenvalue weighted by atomic mass is 10.1. The van der Waals surface area contributed by atoms with Crippen molar-refractivity contribution in [2.24, 2.45) is 5.73 Å². The van der Waals surface area contributed by atoms with Gasteiger partial charge in [0.25, 0.3) is 0 Å². The summed E-state index contributed by atoms with van der Waals surface area (Å²) in [5, 5.41) is 4.30. The van der Waals surface area contributed by atoms with Crippen molar-refractivity contribution in [3.63, 3.8) is 0 Å². The third-order valence-electron chi connectivity index (χ3n) is 4.93. The molecule has 31 heavy (non-hydrogen) atoms. The van der Waals surface area contributed by atoms with Gasteiger partial charge in [0.1, 0.15) is 11.5 Å². The quantitative estimate of drug-likeness (QED) is 0.463. The molecule has 0 bridgehead atoms. The van der Waals surface area contributed by atoms with Crippen LogP contribution in [0.25, 0.3) is 10.9 Å². The second-order valence-corrected chi connectivity index (χ2v) is 7.45. The minimum Gasteiger partial charge on any atom is -0.497 e. The normalized spacial score (nSPS) is 12.6. The number of pyridine rings is 1. The first kappa shape index (κ1) is 22.7. The minimum atomic E-state index is -4.45. The number of hydrogen-bond donors (Lipinski definition) is 2. The van der Waals surface area contributed by atoms with E-state index in [4.69, 9.17) is 15.2 Å². The Morgan fingerprint density at radius 2 is 1.90 bits per heavy atom. The van der Waals surface area contributed by atoms with Crippen LogP contribution in [0.5, 0.6) is 17.4 Å². The molecular weight excluding hydrogens is 407 g/mol. The number of rotatable bonds is 8. The van der Waals surface area contributed by atoms with Gasteiger partial charge in [-0.15, -0.1) is 0 Å². The predicted molar refractivity (Wildman–Crippen MR) is 116 cm³/mol. The monoisotopic (exact) mass is 433 g/mol. The second-order valence-electron chi connectivity index (χ2n) is 7.45. The molecule has 0 spiro atoms. The van der Waals surface area contributed by atoms with Gasteiger partial charge in [0.15, 0.2) is 0 Å². The van der Waals surface area contributed by atoms with Crippen molar-refractivity contribution in [3.05, 3.63) is 53.6 Å². The van der Waals surface area contributed by atoms with Crippen LogP contribution < -0.4 is 20.5 Å². The van der Waals surface area contributed by atoms with Gasteiger partial charge in [-0.3, -0.25) is 0 Å². The molecule has 0 aliphatic heterocycles. The topological polar surface area (TPSA) is 69.4 Å². The lowest BCUT2D eigenvalue weighted by Crippen LogP contribution is -2.17. The lowest BCUT2D eigenvalue weighted by molar-refractivity contribution is -0.137. The van der Waals surface area contributed by atoms with Crippen molar-refractivity contribution in [2.45, 2.75) is 38.9 Å². The van der Waals surface area contributed by atoms with E-state index in [1.807, 2.05) is 19.1 Å². The molecule has 1 heterocycles. The molecule has 0 aliphatic carbocycles. The molecule has 0 radical (unpaired) electrons. The van der Waals surface area contributed by atoms with Crippen LogP contribution in [-0.2, 0) is 6.18 Å². The van der Waals surface area contributed by atoms with Crippen LogP contribution >= 0.6 is 0 Å². The van der Waals surface area contributed by atoms with Gasteiger partial charge in [0, 0.05) is 23.6 Å². The average Bonchev–Trinajstić information content (AvgIpc) is 2.72.